The lowest BCUT2D eigenvalue weighted by Crippen LogP contribution is -3.15. The van der Waals surface area contributed by atoms with Gasteiger partial charge in [-0.2, -0.15) is 0 Å². The molecule has 2 atom stereocenters. The molecule has 1 aliphatic rings. The van der Waals surface area contributed by atoms with Gasteiger partial charge in [0, 0.05) is 12.5 Å². The monoisotopic (exact) mass is 367 g/mol. The maximum atomic E-state index is 13.1. The number of carbonyl (C=O) groups excluding carboxylic acids is 1. The van der Waals surface area contributed by atoms with Gasteiger partial charge in [-0.05, 0) is 11.1 Å². The van der Waals surface area contributed by atoms with Crippen molar-refractivity contribution >= 4 is 5.91 Å². The highest BCUT2D eigenvalue weighted by Crippen LogP contribution is 2.24. The molecule has 4 heteroatoms. The highest BCUT2D eigenvalue weighted by Gasteiger charge is 2.27. The van der Waals surface area contributed by atoms with E-state index < -0.39 is 0 Å². The minimum absolute atomic E-state index is 0.0342. The molecule has 0 spiro atoms. The Hall–Kier alpha value is -2.17. The SMILES string of the molecule is CC(C)C[NH+]1CCO[C@@H](CNC(=O)C(c2ccccc2)c2ccccc2)C1. The first-order valence-electron chi connectivity index (χ1n) is 9.96. The van der Waals surface area contributed by atoms with Gasteiger partial charge in [0.25, 0.3) is 0 Å². The molecular weight excluding hydrogens is 336 g/mol. The third-order valence-corrected chi connectivity index (χ3v) is 5.05. The van der Waals surface area contributed by atoms with Crippen LogP contribution in [0.4, 0.5) is 0 Å². The van der Waals surface area contributed by atoms with Crippen LogP contribution in [0.25, 0.3) is 0 Å². The summed E-state index contributed by atoms with van der Waals surface area (Å²) < 4.78 is 5.90. The van der Waals surface area contributed by atoms with Crippen molar-refractivity contribution in [3.05, 3.63) is 71.8 Å². The molecular formula is C23H31N2O2+. The van der Waals surface area contributed by atoms with E-state index in [9.17, 15) is 4.79 Å². The van der Waals surface area contributed by atoms with Crippen LogP contribution >= 0.6 is 0 Å². The maximum Gasteiger partial charge on any atom is 0.232 e. The fourth-order valence-corrected chi connectivity index (χ4v) is 3.85. The van der Waals surface area contributed by atoms with Gasteiger partial charge >= 0.3 is 0 Å². The number of amides is 1. The topological polar surface area (TPSA) is 42.8 Å². The summed E-state index contributed by atoms with van der Waals surface area (Å²) in [5.74, 6) is 0.413. The standard InChI is InChI=1S/C23H30N2O2/c1-18(2)16-25-13-14-27-21(17-25)15-24-23(26)22(19-9-5-3-6-10-19)20-11-7-4-8-12-20/h3-12,18,21-22H,13-17H2,1-2H3,(H,24,26)/p+1/t21-/m0/s1. The van der Waals surface area contributed by atoms with Crippen molar-refractivity contribution < 1.29 is 14.4 Å². The van der Waals surface area contributed by atoms with Gasteiger partial charge in [0.05, 0.1) is 19.1 Å². The van der Waals surface area contributed by atoms with Gasteiger partial charge in [-0.25, -0.2) is 0 Å². The summed E-state index contributed by atoms with van der Waals surface area (Å²) in [7, 11) is 0. The van der Waals surface area contributed by atoms with E-state index in [0.29, 0.717) is 12.5 Å². The van der Waals surface area contributed by atoms with Gasteiger partial charge in [0.15, 0.2) is 0 Å². The average molecular weight is 368 g/mol. The smallest absolute Gasteiger partial charge is 0.232 e. The lowest BCUT2D eigenvalue weighted by atomic mass is 9.90. The first kappa shape index (κ1) is 19.6. The Morgan fingerprint density at radius 1 is 1.07 bits per heavy atom. The molecule has 1 amide bonds. The number of ether oxygens (including phenoxy) is 1. The molecule has 1 unspecified atom stereocenters. The molecule has 1 heterocycles. The molecule has 0 aromatic heterocycles. The van der Waals surface area contributed by atoms with Gasteiger partial charge in [0.1, 0.15) is 19.2 Å². The fourth-order valence-electron chi connectivity index (χ4n) is 3.85. The molecule has 0 radical (unpaired) electrons. The van der Waals surface area contributed by atoms with Crippen LogP contribution in [0.3, 0.4) is 0 Å². The van der Waals surface area contributed by atoms with Gasteiger partial charge in [-0.1, -0.05) is 74.5 Å². The summed E-state index contributed by atoms with van der Waals surface area (Å²) in [5, 5.41) is 3.15. The minimum atomic E-state index is -0.296. The maximum absolute atomic E-state index is 13.1. The number of carbonyl (C=O) groups is 1. The summed E-state index contributed by atoms with van der Waals surface area (Å²) in [5.41, 5.74) is 2.02. The van der Waals surface area contributed by atoms with Crippen LogP contribution in [0.5, 0.6) is 0 Å². The molecule has 144 valence electrons. The molecule has 1 saturated heterocycles. The summed E-state index contributed by atoms with van der Waals surface area (Å²) in [6.07, 6.45) is 0.0867. The third kappa shape index (κ3) is 5.65. The first-order chi connectivity index (χ1) is 13.1. The number of hydrogen-bond acceptors (Lipinski definition) is 2. The molecule has 1 fully saturated rings. The van der Waals surface area contributed by atoms with Crippen LogP contribution in [0.15, 0.2) is 60.7 Å². The molecule has 27 heavy (non-hydrogen) atoms. The molecule has 0 bridgehead atoms. The number of morpholine rings is 1. The summed E-state index contributed by atoms with van der Waals surface area (Å²) in [6.45, 7) is 9.01. The van der Waals surface area contributed by atoms with E-state index in [1.807, 2.05) is 60.7 Å². The molecule has 0 aliphatic carbocycles. The predicted octanol–water partition coefficient (Wildman–Crippen LogP) is 1.87. The van der Waals surface area contributed by atoms with Gasteiger partial charge < -0.3 is 15.0 Å². The van der Waals surface area contributed by atoms with Gasteiger partial charge in [-0.15, -0.1) is 0 Å². The highest BCUT2D eigenvalue weighted by atomic mass is 16.5. The lowest BCUT2D eigenvalue weighted by Gasteiger charge is -2.31. The van der Waals surface area contributed by atoms with E-state index in [1.165, 1.54) is 0 Å². The highest BCUT2D eigenvalue weighted by molar-refractivity contribution is 5.87. The fraction of sp³-hybridized carbons (Fsp3) is 0.435. The van der Waals surface area contributed by atoms with Crippen LogP contribution in [0.2, 0.25) is 0 Å². The first-order valence-corrected chi connectivity index (χ1v) is 9.96. The van der Waals surface area contributed by atoms with Crippen molar-refractivity contribution in [2.45, 2.75) is 25.9 Å². The lowest BCUT2D eigenvalue weighted by molar-refractivity contribution is -0.914. The van der Waals surface area contributed by atoms with E-state index in [-0.39, 0.29) is 17.9 Å². The van der Waals surface area contributed by atoms with E-state index in [4.69, 9.17) is 4.74 Å². The number of rotatable bonds is 7. The van der Waals surface area contributed by atoms with Crippen molar-refractivity contribution in [2.75, 3.05) is 32.8 Å². The molecule has 3 rings (SSSR count). The second kappa shape index (κ2) is 9.67. The largest absolute Gasteiger partial charge is 0.365 e. The molecule has 1 aliphatic heterocycles. The Labute approximate surface area is 162 Å². The summed E-state index contributed by atoms with van der Waals surface area (Å²) >= 11 is 0. The van der Waals surface area contributed by atoms with Crippen LogP contribution in [0, 0.1) is 5.92 Å². The second-order valence-electron chi connectivity index (χ2n) is 7.79. The summed E-state index contributed by atoms with van der Waals surface area (Å²) in [4.78, 5) is 14.6. The quantitative estimate of drug-likeness (QED) is 0.785. The van der Waals surface area contributed by atoms with Crippen LogP contribution < -0.4 is 10.2 Å². The Morgan fingerprint density at radius 3 is 2.22 bits per heavy atom. The zero-order valence-corrected chi connectivity index (χ0v) is 16.4. The van der Waals surface area contributed by atoms with Gasteiger partial charge in [-0.3, -0.25) is 4.79 Å². The second-order valence-corrected chi connectivity index (χ2v) is 7.79. The minimum Gasteiger partial charge on any atom is -0.365 e. The number of quaternary nitrogens is 1. The Bertz CT molecular complexity index is 663. The Balaban J connectivity index is 1.65. The molecule has 2 aromatic carbocycles. The Morgan fingerprint density at radius 2 is 1.67 bits per heavy atom. The van der Waals surface area contributed by atoms with Crippen molar-refractivity contribution in [3.8, 4) is 0 Å². The zero-order valence-electron chi connectivity index (χ0n) is 16.4. The number of hydrogen-bond donors (Lipinski definition) is 2. The van der Waals surface area contributed by atoms with Crippen LogP contribution in [-0.2, 0) is 9.53 Å². The third-order valence-electron chi connectivity index (χ3n) is 5.05. The van der Waals surface area contributed by atoms with Crippen LogP contribution in [0.1, 0.15) is 30.9 Å². The summed E-state index contributed by atoms with van der Waals surface area (Å²) in [6, 6.07) is 20.0. The normalized spacial score (nSPS) is 20.0. The average Bonchev–Trinajstić information content (AvgIpc) is 2.68. The van der Waals surface area contributed by atoms with E-state index in [1.54, 1.807) is 4.90 Å². The zero-order chi connectivity index (χ0) is 19.1. The van der Waals surface area contributed by atoms with Gasteiger partial charge in [0.2, 0.25) is 5.91 Å². The van der Waals surface area contributed by atoms with Crippen molar-refractivity contribution in [2.24, 2.45) is 5.92 Å². The predicted molar refractivity (Wildman–Crippen MR) is 108 cm³/mol. The van der Waals surface area contributed by atoms with E-state index in [2.05, 4.69) is 19.2 Å². The van der Waals surface area contributed by atoms with Crippen molar-refractivity contribution in [1.82, 2.24) is 5.32 Å². The van der Waals surface area contributed by atoms with E-state index >= 15 is 0 Å². The van der Waals surface area contributed by atoms with Crippen molar-refractivity contribution in [1.29, 1.82) is 0 Å². The van der Waals surface area contributed by atoms with Crippen LogP contribution in [-0.4, -0.2) is 44.8 Å². The molecule has 4 nitrogen and oxygen atoms in total. The van der Waals surface area contributed by atoms with E-state index in [0.717, 1.165) is 37.4 Å². The molecule has 0 saturated carbocycles. The van der Waals surface area contributed by atoms with Crippen molar-refractivity contribution in [3.63, 3.8) is 0 Å². The Kier molecular flexibility index (Phi) is 7.02. The molecule has 2 N–H and O–H groups in total. The molecule has 2 aromatic rings. The number of benzene rings is 2. The number of nitrogens with one attached hydrogen (secondary N) is 2.